The second kappa shape index (κ2) is 12.1. The maximum Gasteiger partial charge on any atom is 0.310 e. The van der Waals surface area contributed by atoms with Crippen LogP contribution in [-0.4, -0.2) is 81.6 Å². The summed E-state index contributed by atoms with van der Waals surface area (Å²) in [4.78, 5) is 45.4. The van der Waals surface area contributed by atoms with Crippen LogP contribution in [-0.2, 0) is 19.1 Å². The number of hydrogen-bond donors (Lipinski definition) is 1. The van der Waals surface area contributed by atoms with Crippen molar-refractivity contribution in [2.24, 2.45) is 17.8 Å². The summed E-state index contributed by atoms with van der Waals surface area (Å²) < 4.78 is 10.0. The molecule has 3 heterocycles. The first-order valence-electron chi connectivity index (χ1n) is 13.3. The van der Waals surface area contributed by atoms with Gasteiger partial charge in [-0.05, 0) is 43.0 Å². The Balaban J connectivity index is 1.80. The summed E-state index contributed by atoms with van der Waals surface area (Å²) >= 11 is 5.31. The van der Waals surface area contributed by atoms with Crippen LogP contribution in [0.15, 0.2) is 49.6 Å². The van der Waals surface area contributed by atoms with Gasteiger partial charge in [-0.1, -0.05) is 41.9 Å². The second-order valence-corrected chi connectivity index (χ2v) is 13.3. The topological polar surface area (TPSA) is 96.4 Å². The molecule has 1 spiro atoms. The van der Waals surface area contributed by atoms with Gasteiger partial charge in [0.15, 0.2) is 0 Å². The van der Waals surface area contributed by atoms with Gasteiger partial charge in [-0.3, -0.25) is 14.4 Å². The van der Waals surface area contributed by atoms with E-state index >= 15 is 0 Å². The Bertz CT molecular complexity index is 1110. The Labute approximate surface area is 242 Å². The number of aliphatic hydroxyl groups excluding tert-OH is 1. The van der Waals surface area contributed by atoms with Crippen LogP contribution >= 0.6 is 27.7 Å². The van der Waals surface area contributed by atoms with Crippen LogP contribution in [0.4, 0.5) is 5.69 Å². The zero-order valence-corrected chi connectivity index (χ0v) is 25.0. The minimum Gasteiger partial charge on any atom is -0.497 e. The first kappa shape index (κ1) is 29.7. The molecule has 3 unspecified atom stereocenters. The SMILES string of the molecule is C=CCCOC(=O)[C@H]1[C@@H]2SC3(CC2Br)C(C(=O)N(CC=C)c2ccc(OC)cc2)N([C@@H](CO)C(C)C)C(=O)[C@H]13. The largest absolute Gasteiger partial charge is 0.497 e. The number of likely N-dealkylation sites (tertiary alicyclic amines) is 1. The first-order chi connectivity index (χ1) is 18.7. The van der Waals surface area contributed by atoms with E-state index in [9.17, 15) is 19.5 Å². The molecule has 1 N–H and O–H groups in total. The number of nitrogens with zero attached hydrogens (tertiary/aromatic N) is 2. The van der Waals surface area contributed by atoms with Gasteiger partial charge >= 0.3 is 5.97 Å². The molecule has 3 aliphatic rings. The molecule has 10 heteroatoms. The molecule has 2 amide bonds. The van der Waals surface area contributed by atoms with E-state index in [0.717, 1.165) is 0 Å². The number of anilines is 1. The Kier molecular flexibility index (Phi) is 9.18. The molecule has 3 saturated heterocycles. The highest BCUT2D eigenvalue weighted by molar-refractivity contribution is 9.09. The molecule has 0 saturated carbocycles. The number of benzene rings is 1. The number of esters is 1. The summed E-state index contributed by atoms with van der Waals surface area (Å²) in [7, 11) is 1.58. The summed E-state index contributed by atoms with van der Waals surface area (Å²) in [6.45, 7) is 11.5. The molecule has 3 fully saturated rings. The van der Waals surface area contributed by atoms with Crippen LogP contribution in [0, 0.1) is 17.8 Å². The number of fused-ring (bicyclic) bond motifs is 1. The van der Waals surface area contributed by atoms with Gasteiger partial charge in [0.2, 0.25) is 5.91 Å². The second-order valence-electron chi connectivity index (χ2n) is 10.6. The molecule has 4 rings (SSSR count). The lowest BCUT2D eigenvalue weighted by Crippen LogP contribution is -2.59. The van der Waals surface area contributed by atoms with E-state index in [1.807, 2.05) is 13.8 Å². The lowest BCUT2D eigenvalue weighted by atomic mass is 9.71. The number of carbonyl (C=O) groups excluding carboxylic acids is 3. The van der Waals surface area contributed by atoms with Crippen LogP contribution in [0.5, 0.6) is 5.75 Å². The van der Waals surface area contributed by atoms with Gasteiger partial charge in [0.1, 0.15) is 11.8 Å². The summed E-state index contributed by atoms with van der Waals surface area (Å²) in [6.07, 6.45) is 4.39. The molecule has 212 valence electrons. The summed E-state index contributed by atoms with van der Waals surface area (Å²) in [6, 6.07) is 5.70. The van der Waals surface area contributed by atoms with Gasteiger partial charge < -0.3 is 24.4 Å². The lowest BCUT2D eigenvalue weighted by molar-refractivity contribution is -0.154. The summed E-state index contributed by atoms with van der Waals surface area (Å²) in [5.74, 6) is -1.82. The molecule has 0 aliphatic carbocycles. The minimum absolute atomic E-state index is 0.0702. The Morgan fingerprint density at radius 2 is 1.97 bits per heavy atom. The fourth-order valence-corrected chi connectivity index (χ4v) is 9.88. The molecule has 3 aliphatic heterocycles. The molecule has 8 nitrogen and oxygen atoms in total. The van der Waals surface area contributed by atoms with Crippen molar-refractivity contribution in [2.45, 2.75) is 53.6 Å². The number of ether oxygens (including phenoxy) is 2. The van der Waals surface area contributed by atoms with Gasteiger partial charge in [0.05, 0.1) is 42.9 Å². The number of rotatable bonds is 12. The number of hydrogen-bond acceptors (Lipinski definition) is 7. The fraction of sp³-hybridized carbons (Fsp3) is 0.552. The molecular weight excluding hydrogens is 584 g/mol. The van der Waals surface area contributed by atoms with Crippen molar-refractivity contribution in [3.05, 3.63) is 49.6 Å². The molecule has 2 bridgehead atoms. The number of alkyl halides is 1. The van der Waals surface area contributed by atoms with E-state index < -0.39 is 34.6 Å². The van der Waals surface area contributed by atoms with Crippen molar-refractivity contribution < 1.29 is 29.0 Å². The van der Waals surface area contributed by atoms with Gasteiger partial charge in [-0.25, -0.2) is 0 Å². The van der Waals surface area contributed by atoms with E-state index in [0.29, 0.717) is 24.3 Å². The van der Waals surface area contributed by atoms with Crippen molar-refractivity contribution in [3.63, 3.8) is 0 Å². The van der Waals surface area contributed by atoms with Crippen molar-refractivity contribution in [1.82, 2.24) is 4.90 Å². The maximum atomic E-state index is 14.6. The van der Waals surface area contributed by atoms with E-state index in [2.05, 4.69) is 29.1 Å². The molecule has 39 heavy (non-hydrogen) atoms. The molecule has 7 atom stereocenters. The lowest BCUT2D eigenvalue weighted by Gasteiger charge is -2.40. The van der Waals surface area contributed by atoms with E-state index in [1.54, 1.807) is 65.1 Å². The fourth-order valence-electron chi connectivity index (χ4n) is 6.29. The quantitative estimate of drug-likeness (QED) is 0.164. The number of carbonyl (C=O) groups is 3. The van der Waals surface area contributed by atoms with Gasteiger partial charge in [0, 0.05) is 22.3 Å². The molecule has 1 aromatic rings. The van der Waals surface area contributed by atoms with Crippen molar-refractivity contribution in [3.8, 4) is 5.75 Å². The summed E-state index contributed by atoms with van der Waals surface area (Å²) in [5, 5.41) is 10.2. The highest BCUT2D eigenvalue weighted by Gasteiger charge is 2.76. The smallest absolute Gasteiger partial charge is 0.310 e. The van der Waals surface area contributed by atoms with Crippen molar-refractivity contribution >= 4 is 51.2 Å². The zero-order chi connectivity index (χ0) is 28.5. The average molecular weight is 622 g/mol. The number of halogens is 1. The molecular formula is C29H37BrN2O6S. The molecule has 0 radical (unpaired) electrons. The third-order valence-electron chi connectivity index (χ3n) is 8.08. The Morgan fingerprint density at radius 1 is 1.28 bits per heavy atom. The zero-order valence-electron chi connectivity index (χ0n) is 22.6. The number of amides is 2. The van der Waals surface area contributed by atoms with E-state index in [1.165, 1.54) is 0 Å². The average Bonchev–Trinajstić information content (AvgIpc) is 3.51. The minimum atomic E-state index is -0.877. The van der Waals surface area contributed by atoms with Crippen LogP contribution in [0.3, 0.4) is 0 Å². The van der Waals surface area contributed by atoms with Crippen molar-refractivity contribution in [1.29, 1.82) is 0 Å². The Hall–Kier alpha value is -2.30. The highest BCUT2D eigenvalue weighted by Crippen LogP contribution is 2.68. The van der Waals surface area contributed by atoms with Crippen molar-refractivity contribution in [2.75, 3.05) is 31.8 Å². The number of aliphatic hydroxyl groups is 1. The van der Waals surface area contributed by atoms with Crippen LogP contribution in [0.2, 0.25) is 0 Å². The predicted molar refractivity (Wildman–Crippen MR) is 156 cm³/mol. The van der Waals surface area contributed by atoms with E-state index in [-0.39, 0.29) is 47.6 Å². The monoisotopic (exact) mass is 620 g/mol. The normalized spacial score (nSPS) is 29.7. The van der Waals surface area contributed by atoms with Gasteiger partial charge in [-0.2, -0.15) is 0 Å². The first-order valence-corrected chi connectivity index (χ1v) is 15.0. The van der Waals surface area contributed by atoms with E-state index in [4.69, 9.17) is 9.47 Å². The standard InChI is InChI=1S/C29H37BrN2O6S/c1-6-8-14-38-28(36)22-23-26(34)32(21(16-33)17(3)4)25(29(23)15-20(30)24(22)39-29)27(35)31(13-7-2)18-9-11-19(37-5)12-10-18/h6-7,9-12,17,20-25,33H,1-2,8,13-16H2,3-5H3/t20?,21-,22+,23-,24+,25?,29?/m0/s1. The number of thioether (sulfide) groups is 1. The summed E-state index contributed by atoms with van der Waals surface area (Å²) in [5.41, 5.74) is 0.645. The third-order valence-corrected chi connectivity index (χ3v) is 11.3. The van der Waals surface area contributed by atoms with Crippen LogP contribution in [0.25, 0.3) is 0 Å². The number of methoxy groups -OCH3 is 1. The van der Waals surface area contributed by atoms with Gasteiger partial charge in [-0.15, -0.1) is 24.9 Å². The third kappa shape index (κ3) is 5.04. The predicted octanol–water partition coefficient (Wildman–Crippen LogP) is 3.82. The van der Waals surface area contributed by atoms with Crippen LogP contribution in [0.1, 0.15) is 26.7 Å². The highest BCUT2D eigenvalue weighted by atomic mass is 79.9. The van der Waals surface area contributed by atoms with Crippen LogP contribution < -0.4 is 9.64 Å². The molecule has 1 aromatic carbocycles. The Morgan fingerprint density at radius 3 is 2.54 bits per heavy atom. The molecule has 0 aromatic heterocycles. The van der Waals surface area contributed by atoms with Gasteiger partial charge in [0.25, 0.3) is 5.91 Å². The maximum absolute atomic E-state index is 14.6.